The Bertz CT molecular complexity index is 859. The first-order chi connectivity index (χ1) is 12.4. The van der Waals surface area contributed by atoms with Crippen molar-refractivity contribution < 1.29 is 26.5 Å². The molecule has 12 heteroatoms. The van der Waals surface area contributed by atoms with Crippen molar-refractivity contribution in [2.24, 2.45) is 0 Å². The second kappa shape index (κ2) is 7.69. The SMILES string of the molecule is CS(=O)(=O)N(CC(F)(F)F)C1CCN(c2ccc(C#N)cc2[N+](=O)[O-])CC1. The van der Waals surface area contributed by atoms with E-state index in [0.29, 0.717) is 4.31 Å². The van der Waals surface area contributed by atoms with Gasteiger partial charge in [-0.05, 0) is 25.0 Å². The molecule has 0 aromatic heterocycles. The first kappa shape index (κ1) is 20.9. The highest BCUT2D eigenvalue weighted by Gasteiger charge is 2.40. The fourth-order valence-electron chi connectivity index (χ4n) is 3.10. The normalized spacial score (nSPS) is 16.4. The average molecular weight is 406 g/mol. The lowest BCUT2D eigenvalue weighted by Gasteiger charge is -2.38. The zero-order chi connectivity index (χ0) is 20.4. The maximum Gasteiger partial charge on any atom is 0.402 e. The van der Waals surface area contributed by atoms with Crippen molar-refractivity contribution in [3.8, 4) is 6.07 Å². The third-order valence-electron chi connectivity index (χ3n) is 4.27. The third-order valence-corrected chi connectivity index (χ3v) is 5.55. The summed E-state index contributed by atoms with van der Waals surface area (Å²) in [6.07, 6.45) is -3.73. The molecule has 1 fully saturated rings. The minimum atomic E-state index is -4.66. The highest BCUT2D eigenvalue weighted by atomic mass is 32.2. The predicted molar refractivity (Wildman–Crippen MR) is 90.7 cm³/mol. The molecule has 0 radical (unpaired) electrons. The number of nitriles is 1. The van der Waals surface area contributed by atoms with Gasteiger partial charge in [-0.1, -0.05) is 0 Å². The van der Waals surface area contributed by atoms with Crippen LogP contribution in [0.3, 0.4) is 0 Å². The molecule has 0 spiro atoms. The van der Waals surface area contributed by atoms with Gasteiger partial charge in [0.2, 0.25) is 10.0 Å². The largest absolute Gasteiger partial charge is 0.402 e. The van der Waals surface area contributed by atoms with Gasteiger partial charge < -0.3 is 4.90 Å². The lowest BCUT2D eigenvalue weighted by molar-refractivity contribution is -0.384. The van der Waals surface area contributed by atoms with E-state index in [-0.39, 0.29) is 42.9 Å². The number of nitrogens with zero attached hydrogens (tertiary/aromatic N) is 4. The van der Waals surface area contributed by atoms with E-state index in [2.05, 4.69) is 0 Å². The highest BCUT2D eigenvalue weighted by molar-refractivity contribution is 7.88. The molecule has 1 aromatic carbocycles. The molecule has 0 saturated carbocycles. The van der Waals surface area contributed by atoms with E-state index in [1.807, 2.05) is 6.07 Å². The van der Waals surface area contributed by atoms with Crippen molar-refractivity contribution in [3.05, 3.63) is 33.9 Å². The molecule has 1 saturated heterocycles. The van der Waals surface area contributed by atoms with E-state index in [9.17, 15) is 31.7 Å². The minimum Gasteiger partial charge on any atom is -0.366 e. The molecule has 0 amide bonds. The lowest BCUT2D eigenvalue weighted by atomic mass is 10.0. The number of sulfonamides is 1. The molecule has 8 nitrogen and oxygen atoms in total. The molecule has 1 aromatic rings. The van der Waals surface area contributed by atoms with E-state index in [0.717, 1.165) is 12.3 Å². The summed E-state index contributed by atoms with van der Waals surface area (Å²) in [6, 6.07) is 4.94. The number of hydrogen-bond donors (Lipinski definition) is 0. The first-order valence-corrected chi connectivity index (χ1v) is 9.74. The fraction of sp³-hybridized carbons (Fsp3) is 0.533. The summed E-state index contributed by atoms with van der Waals surface area (Å²) in [5.41, 5.74) is 0.0932. The van der Waals surface area contributed by atoms with Crippen LogP contribution in [0, 0.1) is 21.4 Å². The van der Waals surface area contributed by atoms with Gasteiger partial charge in [0.05, 0.1) is 22.8 Å². The van der Waals surface area contributed by atoms with Crippen molar-refractivity contribution in [2.45, 2.75) is 25.1 Å². The highest BCUT2D eigenvalue weighted by Crippen LogP contribution is 2.33. The number of nitro groups is 1. The van der Waals surface area contributed by atoms with Gasteiger partial charge in [-0.3, -0.25) is 10.1 Å². The van der Waals surface area contributed by atoms with E-state index in [4.69, 9.17) is 5.26 Å². The zero-order valence-corrected chi connectivity index (χ0v) is 15.1. The first-order valence-electron chi connectivity index (χ1n) is 7.89. The Morgan fingerprint density at radius 1 is 1.37 bits per heavy atom. The fourth-order valence-corrected chi connectivity index (χ4v) is 4.23. The molecule has 1 aliphatic rings. The molecule has 0 N–H and O–H groups in total. The van der Waals surface area contributed by atoms with Gasteiger partial charge in [-0.15, -0.1) is 0 Å². The van der Waals surface area contributed by atoms with Crippen molar-refractivity contribution in [3.63, 3.8) is 0 Å². The Labute approximate surface area is 154 Å². The van der Waals surface area contributed by atoms with E-state index in [1.165, 1.54) is 12.1 Å². The van der Waals surface area contributed by atoms with Crippen molar-refractivity contribution in [1.82, 2.24) is 4.31 Å². The number of nitro benzene ring substituents is 1. The van der Waals surface area contributed by atoms with Crippen molar-refractivity contribution in [2.75, 3.05) is 30.8 Å². The number of rotatable bonds is 5. The number of hydrogen-bond acceptors (Lipinski definition) is 6. The van der Waals surface area contributed by atoms with Crippen LogP contribution in [0.1, 0.15) is 18.4 Å². The third kappa shape index (κ3) is 5.30. The monoisotopic (exact) mass is 406 g/mol. The maximum atomic E-state index is 12.7. The number of halogens is 3. The summed E-state index contributed by atoms with van der Waals surface area (Å²) >= 11 is 0. The van der Waals surface area contributed by atoms with Crippen LogP contribution in [-0.4, -0.2) is 55.8 Å². The molecule has 0 bridgehead atoms. The second-order valence-corrected chi connectivity index (χ2v) is 8.15. The van der Waals surface area contributed by atoms with Crippen LogP contribution in [0.15, 0.2) is 18.2 Å². The van der Waals surface area contributed by atoms with Gasteiger partial charge in [-0.25, -0.2) is 8.42 Å². The van der Waals surface area contributed by atoms with Crippen LogP contribution >= 0.6 is 0 Å². The van der Waals surface area contributed by atoms with Crippen LogP contribution in [0.25, 0.3) is 0 Å². The van der Waals surface area contributed by atoms with E-state index < -0.39 is 33.7 Å². The Morgan fingerprint density at radius 3 is 2.41 bits per heavy atom. The summed E-state index contributed by atoms with van der Waals surface area (Å²) in [6.45, 7) is -1.25. The Hall–Kier alpha value is -2.39. The summed E-state index contributed by atoms with van der Waals surface area (Å²) in [5, 5.41) is 20.1. The lowest BCUT2D eigenvalue weighted by Crippen LogP contribution is -2.50. The Kier molecular flexibility index (Phi) is 5.96. The number of piperidine rings is 1. The van der Waals surface area contributed by atoms with Crippen LogP contribution in [0.4, 0.5) is 24.5 Å². The summed E-state index contributed by atoms with van der Waals surface area (Å²) < 4.78 is 62.2. The molecule has 148 valence electrons. The van der Waals surface area contributed by atoms with Crippen molar-refractivity contribution >= 4 is 21.4 Å². The van der Waals surface area contributed by atoms with Gasteiger partial charge in [-0.2, -0.15) is 22.7 Å². The van der Waals surface area contributed by atoms with Crippen LogP contribution in [-0.2, 0) is 10.0 Å². The van der Waals surface area contributed by atoms with E-state index in [1.54, 1.807) is 4.90 Å². The molecule has 2 rings (SSSR count). The number of alkyl halides is 3. The predicted octanol–water partition coefficient (Wildman–Crippen LogP) is 2.26. The average Bonchev–Trinajstić information content (AvgIpc) is 2.57. The molecule has 27 heavy (non-hydrogen) atoms. The van der Waals surface area contributed by atoms with Gasteiger partial charge in [0.1, 0.15) is 12.2 Å². The molecule has 1 aliphatic heterocycles. The van der Waals surface area contributed by atoms with Crippen LogP contribution in [0.5, 0.6) is 0 Å². The van der Waals surface area contributed by atoms with Gasteiger partial charge in [0.25, 0.3) is 5.69 Å². The number of benzene rings is 1. The van der Waals surface area contributed by atoms with E-state index >= 15 is 0 Å². The van der Waals surface area contributed by atoms with Gasteiger partial charge in [0, 0.05) is 25.2 Å². The molecule has 0 atom stereocenters. The maximum absolute atomic E-state index is 12.7. The summed E-state index contributed by atoms with van der Waals surface area (Å²) in [4.78, 5) is 12.2. The molecular weight excluding hydrogens is 389 g/mol. The quantitative estimate of drug-likeness (QED) is 0.548. The second-order valence-electron chi connectivity index (χ2n) is 6.21. The van der Waals surface area contributed by atoms with Crippen molar-refractivity contribution in [1.29, 1.82) is 5.26 Å². The minimum absolute atomic E-state index is 0.0975. The Morgan fingerprint density at radius 2 is 1.96 bits per heavy atom. The topological polar surface area (TPSA) is 108 Å². The summed E-state index contributed by atoms with van der Waals surface area (Å²) in [5.74, 6) is 0. The molecule has 0 aliphatic carbocycles. The van der Waals surface area contributed by atoms with Gasteiger partial charge >= 0.3 is 6.18 Å². The van der Waals surface area contributed by atoms with Gasteiger partial charge in [0.15, 0.2) is 0 Å². The Balaban J connectivity index is 2.19. The smallest absolute Gasteiger partial charge is 0.366 e. The molecule has 0 unspecified atom stereocenters. The van der Waals surface area contributed by atoms with Crippen LogP contribution < -0.4 is 4.90 Å². The van der Waals surface area contributed by atoms with Crippen LogP contribution in [0.2, 0.25) is 0 Å². The standard InChI is InChI=1S/C15H17F3N4O4S/c1-27(25,26)21(10-15(16,17)18)12-4-6-20(7-5-12)13-3-2-11(9-19)8-14(13)22(23)24/h2-3,8,12H,4-7,10H2,1H3. The molecule has 1 heterocycles. The molecular formula is C15H17F3N4O4S. The number of anilines is 1. The summed E-state index contributed by atoms with van der Waals surface area (Å²) in [7, 11) is -4.06. The zero-order valence-electron chi connectivity index (χ0n) is 14.3.